The Kier molecular flexibility index (Phi) is 3.82. The van der Waals surface area contributed by atoms with Gasteiger partial charge in [0.15, 0.2) is 11.6 Å². The molecule has 0 aliphatic carbocycles. The number of halogens is 1. The SMILES string of the molecule is CC(C)(CCC(=O)O)Nc1ncccc1F. The van der Waals surface area contributed by atoms with Crippen LogP contribution in [0.1, 0.15) is 26.7 Å². The first-order chi connectivity index (χ1) is 7.41. The maximum absolute atomic E-state index is 13.3. The second-order valence-electron chi connectivity index (χ2n) is 4.24. The molecule has 0 fully saturated rings. The lowest BCUT2D eigenvalue weighted by molar-refractivity contribution is -0.137. The van der Waals surface area contributed by atoms with Gasteiger partial charge in [0.25, 0.3) is 0 Å². The van der Waals surface area contributed by atoms with E-state index in [4.69, 9.17) is 5.11 Å². The summed E-state index contributed by atoms with van der Waals surface area (Å²) >= 11 is 0. The molecule has 0 aliphatic rings. The topological polar surface area (TPSA) is 62.2 Å². The van der Waals surface area contributed by atoms with Gasteiger partial charge in [0.05, 0.1) is 0 Å². The number of nitrogens with one attached hydrogen (secondary N) is 1. The molecule has 1 heterocycles. The van der Waals surface area contributed by atoms with Gasteiger partial charge in [-0.3, -0.25) is 4.79 Å². The summed E-state index contributed by atoms with van der Waals surface area (Å²) in [6, 6.07) is 2.81. The van der Waals surface area contributed by atoms with E-state index in [0.29, 0.717) is 6.42 Å². The lowest BCUT2D eigenvalue weighted by Crippen LogP contribution is -2.32. The Balaban J connectivity index is 2.65. The van der Waals surface area contributed by atoms with Crippen molar-refractivity contribution in [1.29, 1.82) is 0 Å². The number of hydrogen-bond donors (Lipinski definition) is 2. The lowest BCUT2D eigenvalue weighted by Gasteiger charge is -2.26. The normalized spacial score (nSPS) is 11.2. The van der Waals surface area contributed by atoms with Gasteiger partial charge in [0.2, 0.25) is 0 Å². The maximum Gasteiger partial charge on any atom is 0.303 e. The van der Waals surface area contributed by atoms with E-state index in [1.54, 1.807) is 0 Å². The average Bonchev–Trinajstić information content (AvgIpc) is 2.19. The summed E-state index contributed by atoms with van der Waals surface area (Å²) in [7, 11) is 0. The van der Waals surface area contributed by atoms with Crippen molar-refractivity contribution in [3.63, 3.8) is 0 Å². The maximum atomic E-state index is 13.3. The molecule has 16 heavy (non-hydrogen) atoms. The van der Waals surface area contributed by atoms with Crippen molar-refractivity contribution in [3.8, 4) is 0 Å². The number of anilines is 1. The van der Waals surface area contributed by atoms with Gasteiger partial charge in [0, 0.05) is 18.2 Å². The van der Waals surface area contributed by atoms with E-state index in [2.05, 4.69) is 10.3 Å². The average molecular weight is 226 g/mol. The molecular formula is C11H15FN2O2. The van der Waals surface area contributed by atoms with Crippen LogP contribution in [0.4, 0.5) is 10.2 Å². The minimum atomic E-state index is -0.864. The highest BCUT2D eigenvalue weighted by Crippen LogP contribution is 2.19. The van der Waals surface area contributed by atoms with Crippen LogP contribution in [0, 0.1) is 5.82 Å². The predicted molar refractivity (Wildman–Crippen MR) is 58.8 cm³/mol. The highest BCUT2D eigenvalue weighted by Gasteiger charge is 2.20. The first-order valence-corrected chi connectivity index (χ1v) is 5.01. The van der Waals surface area contributed by atoms with Crippen LogP contribution in [-0.4, -0.2) is 21.6 Å². The van der Waals surface area contributed by atoms with Gasteiger partial charge < -0.3 is 10.4 Å². The Morgan fingerprint density at radius 2 is 2.31 bits per heavy atom. The van der Waals surface area contributed by atoms with Gasteiger partial charge in [-0.15, -0.1) is 0 Å². The Bertz CT molecular complexity index is 380. The van der Waals surface area contributed by atoms with Gasteiger partial charge >= 0.3 is 5.97 Å². The van der Waals surface area contributed by atoms with Crippen LogP contribution in [0.25, 0.3) is 0 Å². The van der Waals surface area contributed by atoms with E-state index in [0.717, 1.165) is 0 Å². The molecule has 0 spiro atoms. The molecule has 5 heteroatoms. The van der Waals surface area contributed by atoms with E-state index in [1.807, 2.05) is 13.8 Å². The highest BCUT2D eigenvalue weighted by atomic mass is 19.1. The zero-order valence-corrected chi connectivity index (χ0v) is 9.33. The van der Waals surface area contributed by atoms with Gasteiger partial charge in [-0.25, -0.2) is 9.37 Å². The minimum Gasteiger partial charge on any atom is -0.481 e. The van der Waals surface area contributed by atoms with E-state index in [1.165, 1.54) is 18.3 Å². The highest BCUT2D eigenvalue weighted by molar-refractivity contribution is 5.66. The molecule has 0 atom stereocenters. The van der Waals surface area contributed by atoms with Crippen LogP contribution in [0.5, 0.6) is 0 Å². The smallest absolute Gasteiger partial charge is 0.303 e. The van der Waals surface area contributed by atoms with E-state index < -0.39 is 17.3 Å². The molecule has 4 nitrogen and oxygen atoms in total. The number of aliphatic carboxylic acids is 1. The molecule has 0 saturated heterocycles. The fraction of sp³-hybridized carbons (Fsp3) is 0.455. The number of pyridine rings is 1. The van der Waals surface area contributed by atoms with Crippen LogP contribution in [0.2, 0.25) is 0 Å². The standard InChI is InChI=1S/C11H15FN2O2/c1-11(2,6-5-9(15)16)14-10-8(12)4-3-7-13-10/h3-4,7H,5-6H2,1-2H3,(H,13,14)(H,15,16). The molecule has 0 saturated carbocycles. The minimum absolute atomic E-state index is 0.0362. The summed E-state index contributed by atoms with van der Waals surface area (Å²) in [4.78, 5) is 14.3. The fourth-order valence-corrected chi connectivity index (χ4v) is 1.28. The Morgan fingerprint density at radius 3 is 2.88 bits per heavy atom. The summed E-state index contributed by atoms with van der Waals surface area (Å²) < 4.78 is 13.3. The summed E-state index contributed by atoms with van der Waals surface area (Å²) in [5, 5.41) is 11.5. The second kappa shape index (κ2) is 4.92. The molecule has 2 N–H and O–H groups in total. The lowest BCUT2D eigenvalue weighted by atomic mass is 9.98. The number of hydrogen-bond acceptors (Lipinski definition) is 3. The van der Waals surface area contributed by atoms with Crippen molar-refractivity contribution in [1.82, 2.24) is 4.98 Å². The molecular weight excluding hydrogens is 211 g/mol. The van der Waals surface area contributed by atoms with E-state index >= 15 is 0 Å². The fourth-order valence-electron chi connectivity index (χ4n) is 1.28. The third-order valence-electron chi connectivity index (χ3n) is 2.18. The van der Waals surface area contributed by atoms with Crippen LogP contribution >= 0.6 is 0 Å². The van der Waals surface area contributed by atoms with Crippen molar-refractivity contribution in [2.45, 2.75) is 32.2 Å². The van der Waals surface area contributed by atoms with Crippen molar-refractivity contribution < 1.29 is 14.3 Å². The van der Waals surface area contributed by atoms with Crippen LogP contribution in [0.3, 0.4) is 0 Å². The molecule has 0 unspecified atom stereocenters. The number of rotatable bonds is 5. The van der Waals surface area contributed by atoms with Crippen molar-refractivity contribution >= 4 is 11.8 Å². The van der Waals surface area contributed by atoms with Crippen molar-refractivity contribution in [2.75, 3.05) is 5.32 Å². The summed E-state index contributed by atoms with van der Waals surface area (Å²) in [5.74, 6) is -1.15. The largest absolute Gasteiger partial charge is 0.481 e. The molecule has 0 amide bonds. The zero-order chi connectivity index (χ0) is 12.2. The number of nitrogens with zero attached hydrogens (tertiary/aromatic N) is 1. The van der Waals surface area contributed by atoms with E-state index in [9.17, 15) is 9.18 Å². The van der Waals surface area contributed by atoms with Crippen LogP contribution in [-0.2, 0) is 4.79 Å². The Labute approximate surface area is 93.5 Å². The molecule has 1 aromatic heterocycles. The number of carboxylic acids is 1. The third-order valence-corrected chi connectivity index (χ3v) is 2.18. The van der Waals surface area contributed by atoms with Gasteiger partial charge in [-0.2, -0.15) is 0 Å². The molecule has 0 aliphatic heterocycles. The van der Waals surface area contributed by atoms with E-state index in [-0.39, 0.29) is 12.2 Å². The molecule has 88 valence electrons. The number of carboxylic acid groups (broad SMARTS) is 1. The molecule has 1 rings (SSSR count). The monoisotopic (exact) mass is 226 g/mol. The summed E-state index contributed by atoms with van der Waals surface area (Å²) in [6.07, 6.45) is 1.92. The third kappa shape index (κ3) is 3.84. The number of carbonyl (C=O) groups is 1. The second-order valence-corrected chi connectivity index (χ2v) is 4.24. The molecule has 0 bridgehead atoms. The Morgan fingerprint density at radius 1 is 1.62 bits per heavy atom. The molecule has 0 aromatic carbocycles. The first-order valence-electron chi connectivity index (χ1n) is 5.01. The summed E-state index contributed by atoms with van der Waals surface area (Å²) in [6.45, 7) is 3.62. The Hall–Kier alpha value is -1.65. The van der Waals surface area contributed by atoms with Crippen LogP contribution < -0.4 is 5.32 Å². The first kappa shape index (κ1) is 12.4. The van der Waals surface area contributed by atoms with Crippen LogP contribution in [0.15, 0.2) is 18.3 Å². The van der Waals surface area contributed by atoms with Crippen molar-refractivity contribution in [2.24, 2.45) is 0 Å². The van der Waals surface area contributed by atoms with Gasteiger partial charge in [-0.05, 0) is 32.4 Å². The zero-order valence-electron chi connectivity index (χ0n) is 9.33. The van der Waals surface area contributed by atoms with Gasteiger partial charge in [-0.1, -0.05) is 0 Å². The van der Waals surface area contributed by atoms with Gasteiger partial charge in [0.1, 0.15) is 0 Å². The number of aromatic nitrogens is 1. The quantitative estimate of drug-likeness (QED) is 0.808. The predicted octanol–water partition coefficient (Wildman–Crippen LogP) is 2.28. The molecule has 0 radical (unpaired) electrons. The summed E-state index contributed by atoms with van der Waals surface area (Å²) in [5.41, 5.74) is -0.506. The van der Waals surface area contributed by atoms with Crippen molar-refractivity contribution in [3.05, 3.63) is 24.1 Å². The molecule has 1 aromatic rings.